The van der Waals surface area contributed by atoms with E-state index < -0.39 is 21.7 Å². The highest BCUT2D eigenvalue weighted by Gasteiger charge is 2.29. The van der Waals surface area contributed by atoms with Crippen LogP contribution in [0.2, 0.25) is 0 Å². The molecule has 0 unspecified atom stereocenters. The monoisotopic (exact) mass is 311 g/mol. The summed E-state index contributed by atoms with van der Waals surface area (Å²) in [6, 6.07) is 6.45. The lowest BCUT2D eigenvalue weighted by Gasteiger charge is -2.08. The molecule has 1 aromatic rings. The molecule has 21 heavy (non-hydrogen) atoms. The van der Waals surface area contributed by atoms with E-state index in [9.17, 15) is 18.0 Å². The second-order valence-corrected chi connectivity index (χ2v) is 7.42. The van der Waals surface area contributed by atoms with Gasteiger partial charge in [-0.15, -0.1) is 0 Å². The Bertz CT molecular complexity index is 636. The molecule has 1 aliphatic rings. The smallest absolute Gasteiger partial charge is 0.306 e. The van der Waals surface area contributed by atoms with Gasteiger partial charge in [0.15, 0.2) is 9.84 Å². The van der Waals surface area contributed by atoms with E-state index in [1.807, 2.05) is 0 Å². The first-order valence-corrected chi connectivity index (χ1v) is 8.42. The van der Waals surface area contributed by atoms with Crippen LogP contribution in [0, 0.1) is 5.92 Å². The summed E-state index contributed by atoms with van der Waals surface area (Å²) in [5, 5.41) is 0. The van der Waals surface area contributed by atoms with Gasteiger partial charge in [-0.25, -0.2) is 8.42 Å². The summed E-state index contributed by atoms with van der Waals surface area (Å²) in [6.07, 6.45) is 0.642. The van der Waals surface area contributed by atoms with Gasteiger partial charge in [-0.05, 0) is 30.0 Å². The van der Waals surface area contributed by atoms with E-state index in [4.69, 9.17) is 10.5 Å². The van der Waals surface area contributed by atoms with E-state index in [1.165, 1.54) is 0 Å². The lowest BCUT2D eigenvalue weighted by molar-refractivity contribution is -0.145. The SMILES string of the molecule is NC(=O)c1ccc(COC(=O)C[C@H]2CCS(=O)(=O)C2)cc1. The van der Waals surface area contributed by atoms with Gasteiger partial charge < -0.3 is 10.5 Å². The van der Waals surface area contributed by atoms with Crippen molar-refractivity contribution in [1.82, 2.24) is 0 Å². The van der Waals surface area contributed by atoms with Crippen molar-refractivity contribution in [3.8, 4) is 0 Å². The first kappa shape index (κ1) is 15.5. The number of sulfone groups is 1. The molecule has 2 rings (SSSR count). The maximum atomic E-state index is 11.7. The van der Waals surface area contributed by atoms with E-state index in [0.29, 0.717) is 12.0 Å². The second-order valence-electron chi connectivity index (χ2n) is 5.20. The fraction of sp³-hybridized carbons (Fsp3) is 0.429. The van der Waals surface area contributed by atoms with Crippen LogP contribution in [0.3, 0.4) is 0 Å². The van der Waals surface area contributed by atoms with Crippen molar-refractivity contribution in [3.05, 3.63) is 35.4 Å². The minimum Gasteiger partial charge on any atom is -0.461 e. The Morgan fingerprint density at radius 1 is 1.24 bits per heavy atom. The van der Waals surface area contributed by atoms with Crippen LogP contribution in [0.1, 0.15) is 28.8 Å². The Balaban J connectivity index is 1.80. The summed E-state index contributed by atoms with van der Waals surface area (Å²) in [4.78, 5) is 22.6. The Morgan fingerprint density at radius 3 is 2.43 bits per heavy atom. The average molecular weight is 311 g/mol. The number of benzene rings is 1. The zero-order chi connectivity index (χ0) is 15.5. The fourth-order valence-electron chi connectivity index (χ4n) is 2.26. The van der Waals surface area contributed by atoms with Crippen LogP contribution in [0.25, 0.3) is 0 Å². The highest BCUT2D eigenvalue weighted by molar-refractivity contribution is 7.91. The number of hydrogen-bond donors (Lipinski definition) is 1. The summed E-state index contributed by atoms with van der Waals surface area (Å²) < 4.78 is 27.7. The molecule has 0 radical (unpaired) electrons. The Morgan fingerprint density at radius 2 is 1.90 bits per heavy atom. The molecule has 1 aromatic carbocycles. The predicted octanol–water partition coefficient (Wildman–Crippen LogP) is 0.653. The summed E-state index contributed by atoms with van der Waals surface area (Å²) in [6.45, 7) is 0.0946. The normalized spacial score (nSPS) is 20.1. The lowest BCUT2D eigenvalue weighted by Crippen LogP contribution is -2.13. The number of rotatable bonds is 5. The van der Waals surface area contributed by atoms with E-state index in [0.717, 1.165) is 5.56 Å². The van der Waals surface area contributed by atoms with Crippen molar-refractivity contribution in [2.75, 3.05) is 11.5 Å². The molecule has 0 aliphatic carbocycles. The summed E-state index contributed by atoms with van der Waals surface area (Å²) in [7, 11) is -2.97. The van der Waals surface area contributed by atoms with Crippen LogP contribution in [0.4, 0.5) is 0 Å². The molecular weight excluding hydrogens is 294 g/mol. The van der Waals surface area contributed by atoms with E-state index in [2.05, 4.69) is 0 Å². The van der Waals surface area contributed by atoms with Gasteiger partial charge in [-0.3, -0.25) is 9.59 Å². The van der Waals surface area contributed by atoms with E-state index in [1.54, 1.807) is 24.3 Å². The number of primary amides is 1. The molecule has 1 saturated heterocycles. The zero-order valence-corrected chi connectivity index (χ0v) is 12.3. The third-order valence-electron chi connectivity index (χ3n) is 3.42. The van der Waals surface area contributed by atoms with Gasteiger partial charge in [0, 0.05) is 12.0 Å². The quantitative estimate of drug-likeness (QED) is 0.804. The maximum absolute atomic E-state index is 11.7. The number of ether oxygens (including phenoxy) is 1. The maximum Gasteiger partial charge on any atom is 0.306 e. The largest absolute Gasteiger partial charge is 0.461 e. The van der Waals surface area contributed by atoms with E-state index >= 15 is 0 Å². The molecule has 7 heteroatoms. The first-order valence-electron chi connectivity index (χ1n) is 6.60. The van der Waals surface area contributed by atoms with Crippen LogP contribution in [0.5, 0.6) is 0 Å². The molecule has 1 amide bonds. The highest BCUT2D eigenvalue weighted by atomic mass is 32.2. The number of esters is 1. The van der Waals surface area contributed by atoms with Crippen LogP contribution >= 0.6 is 0 Å². The lowest BCUT2D eigenvalue weighted by atomic mass is 10.1. The Kier molecular flexibility index (Phi) is 4.62. The van der Waals surface area contributed by atoms with Crippen molar-refractivity contribution in [2.45, 2.75) is 19.4 Å². The summed E-state index contributed by atoms with van der Waals surface area (Å²) >= 11 is 0. The van der Waals surface area contributed by atoms with Crippen molar-refractivity contribution in [3.63, 3.8) is 0 Å². The molecule has 6 nitrogen and oxygen atoms in total. The van der Waals surface area contributed by atoms with Gasteiger partial charge in [0.2, 0.25) is 5.91 Å². The molecule has 1 fully saturated rings. The van der Waals surface area contributed by atoms with Crippen LogP contribution in [-0.4, -0.2) is 31.8 Å². The predicted molar refractivity (Wildman–Crippen MR) is 76.1 cm³/mol. The topological polar surface area (TPSA) is 104 Å². The summed E-state index contributed by atoms with van der Waals surface area (Å²) in [5.74, 6) is -0.841. The Hall–Kier alpha value is -1.89. The minimum atomic E-state index is -2.97. The molecule has 1 atom stereocenters. The van der Waals surface area contributed by atoms with E-state index in [-0.39, 0.29) is 30.5 Å². The molecule has 0 saturated carbocycles. The van der Waals surface area contributed by atoms with Gasteiger partial charge in [0.05, 0.1) is 11.5 Å². The van der Waals surface area contributed by atoms with Gasteiger partial charge in [0.25, 0.3) is 0 Å². The molecule has 1 heterocycles. The zero-order valence-electron chi connectivity index (χ0n) is 11.4. The Labute approximate surface area is 123 Å². The number of hydrogen-bond acceptors (Lipinski definition) is 5. The van der Waals surface area contributed by atoms with Gasteiger partial charge in [-0.1, -0.05) is 12.1 Å². The van der Waals surface area contributed by atoms with Crippen molar-refractivity contribution >= 4 is 21.7 Å². The number of carbonyl (C=O) groups is 2. The molecule has 0 bridgehead atoms. The molecular formula is C14H17NO5S. The molecule has 2 N–H and O–H groups in total. The van der Waals surface area contributed by atoms with Crippen LogP contribution in [0.15, 0.2) is 24.3 Å². The van der Waals surface area contributed by atoms with Crippen LogP contribution in [-0.2, 0) is 26.0 Å². The fourth-order valence-corrected chi connectivity index (χ4v) is 4.12. The van der Waals surface area contributed by atoms with Crippen molar-refractivity contribution < 1.29 is 22.7 Å². The van der Waals surface area contributed by atoms with Gasteiger partial charge in [0.1, 0.15) is 6.61 Å². The third kappa shape index (κ3) is 4.56. The minimum absolute atomic E-state index is 0.0649. The van der Waals surface area contributed by atoms with Gasteiger partial charge >= 0.3 is 5.97 Å². The number of carbonyl (C=O) groups excluding carboxylic acids is 2. The number of nitrogens with two attached hydrogens (primary N) is 1. The first-order chi connectivity index (χ1) is 9.85. The van der Waals surface area contributed by atoms with Crippen molar-refractivity contribution in [2.24, 2.45) is 11.7 Å². The summed E-state index contributed by atoms with van der Waals surface area (Å²) in [5.41, 5.74) is 6.26. The van der Waals surface area contributed by atoms with Crippen LogP contribution < -0.4 is 5.73 Å². The molecule has 0 spiro atoms. The highest BCUT2D eigenvalue weighted by Crippen LogP contribution is 2.22. The third-order valence-corrected chi connectivity index (χ3v) is 5.26. The average Bonchev–Trinajstić information content (AvgIpc) is 2.76. The molecule has 1 aliphatic heterocycles. The van der Waals surface area contributed by atoms with Crippen molar-refractivity contribution in [1.29, 1.82) is 0 Å². The molecule has 114 valence electrons. The van der Waals surface area contributed by atoms with Gasteiger partial charge in [-0.2, -0.15) is 0 Å². The molecule has 0 aromatic heterocycles. The standard InChI is InChI=1S/C14H17NO5S/c15-14(17)12-3-1-10(2-4-12)8-20-13(16)7-11-5-6-21(18,19)9-11/h1-4,11H,5-9H2,(H2,15,17)/t11-/m1/s1. The second kappa shape index (κ2) is 6.26. The number of amides is 1.